The lowest BCUT2D eigenvalue weighted by Crippen LogP contribution is -2.58. The molecule has 0 aliphatic carbocycles. The lowest BCUT2D eigenvalue weighted by atomic mass is 9.95. The Morgan fingerprint density at radius 2 is 1.55 bits per heavy atom. The van der Waals surface area contributed by atoms with Gasteiger partial charge in [-0.1, -0.05) is 60.7 Å². The van der Waals surface area contributed by atoms with E-state index in [2.05, 4.69) is 70.5 Å². The molecular formula is C27H30N2O2. The molecule has 2 N–H and O–H groups in total. The van der Waals surface area contributed by atoms with Crippen molar-refractivity contribution in [1.29, 1.82) is 0 Å². The molecule has 1 saturated heterocycles. The van der Waals surface area contributed by atoms with Gasteiger partial charge in [-0.15, -0.1) is 0 Å². The molecule has 1 fully saturated rings. The number of hydrogen-bond donors (Lipinski definition) is 2. The summed E-state index contributed by atoms with van der Waals surface area (Å²) in [5.41, 5.74) is 4.25. The van der Waals surface area contributed by atoms with Gasteiger partial charge in [0, 0.05) is 37.4 Å². The van der Waals surface area contributed by atoms with Crippen molar-refractivity contribution in [2.24, 2.45) is 0 Å². The summed E-state index contributed by atoms with van der Waals surface area (Å²) < 4.78 is 0. The van der Waals surface area contributed by atoms with Crippen LogP contribution < -0.4 is 4.90 Å². The van der Waals surface area contributed by atoms with Gasteiger partial charge in [-0.3, -0.25) is 4.90 Å². The number of hydrogen-bond acceptors (Lipinski definition) is 4. The highest BCUT2D eigenvalue weighted by atomic mass is 16.3. The van der Waals surface area contributed by atoms with E-state index >= 15 is 0 Å². The molecule has 0 aromatic heterocycles. The van der Waals surface area contributed by atoms with Crippen molar-refractivity contribution < 1.29 is 10.2 Å². The van der Waals surface area contributed by atoms with Crippen molar-refractivity contribution in [3.8, 4) is 0 Å². The van der Waals surface area contributed by atoms with E-state index in [4.69, 9.17) is 0 Å². The van der Waals surface area contributed by atoms with Gasteiger partial charge >= 0.3 is 0 Å². The van der Waals surface area contributed by atoms with E-state index < -0.39 is 0 Å². The highest BCUT2D eigenvalue weighted by Crippen LogP contribution is 2.32. The summed E-state index contributed by atoms with van der Waals surface area (Å²) in [6.45, 7) is 2.87. The van der Waals surface area contributed by atoms with Gasteiger partial charge in [-0.05, 0) is 52.4 Å². The first-order chi connectivity index (χ1) is 15.2. The third kappa shape index (κ3) is 4.11. The zero-order chi connectivity index (χ0) is 21.2. The Kier molecular flexibility index (Phi) is 5.77. The number of aliphatic hydroxyl groups is 2. The molecule has 0 amide bonds. The van der Waals surface area contributed by atoms with Gasteiger partial charge in [0.2, 0.25) is 0 Å². The lowest BCUT2D eigenvalue weighted by Gasteiger charge is -2.48. The third-order valence-electron chi connectivity index (χ3n) is 6.85. The minimum atomic E-state index is 0.00715. The maximum Gasteiger partial charge on any atom is 0.0685 e. The van der Waals surface area contributed by atoms with E-state index in [0.717, 1.165) is 49.2 Å². The molecule has 4 nitrogen and oxygen atoms in total. The number of rotatable bonds is 5. The molecule has 3 aliphatic rings. The maximum atomic E-state index is 9.86. The van der Waals surface area contributed by atoms with E-state index in [1.54, 1.807) is 0 Å². The summed E-state index contributed by atoms with van der Waals surface area (Å²) in [5, 5.41) is 21.9. The van der Waals surface area contributed by atoms with Gasteiger partial charge in [0.15, 0.2) is 0 Å². The molecule has 0 saturated carbocycles. The predicted octanol–water partition coefficient (Wildman–Crippen LogP) is 4.23. The summed E-state index contributed by atoms with van der Waals surface area (Å²) in [4.78, 5) is 5.18. The van der Waals surface area contributed by atoms with E-state index in [1.807, 2.05) is 12.1 Å². The van der Waals surface area contributed by atoms with Crippen molar-refractivity contribution in [1.82, 2.24) is 4.90 Å². The fourth-order valence-electron chi connectivity index (χ4n) is 5.11. The monoisotopic (exact) mass is 414 g/mol. The molecule has 0 spiro atoms. The smallest absolute Gasteiger partial charge is 0.0685 e. The van der Waals surface area contributed by atoms with Gasteiger partial charge < -0.3 is 15.1 Å². The van der Waals surface area contributed by atoms with E-state index in [9.17, 15) is 10.2 Å². The van der Waals surface area contributed by atoms with E-state index in [-0.39, 0.29) is 13.2 Å². The first-order valence-corrected chi connectivity index (χ1v) is 11.2. The van der Waals surface area contributed by atoms with Crippen LogP contribution in [-0.2, 0) is 19.8 Å². The molecule has 6 rings (SSSR count). The highest BCUT2D eigenvalue weighted by Gasteiger charge is 2.34. The van der Waals surface area contributed by atoms with Gasteiger partial charge in [0.1, 0.15) is 0 Å². The van der Waals surface area contributed by atoms with Crippen molar-refractivity contribution in [3.63, 3.8) is 0 Å². The van der Waals surface area contributed by atoms with E-state index in [0.29, 0.717) is 12.1 Å². The fraction of sp³-hybridized carbons (Fsp3) is 0.333. The second kappa shape index (κ2) is 8.83. The Labute approximate surface area is 184 Å². The number of fused-ring (bicyclic) bond motifs is 5. The average molecular weight is 415 g/mol. The van der Waals surface area contributed by atoms with Gasteiger partial charge in [0.25, 0.3) is 0 Å². The SMILES string of the molecule is OCc1ccc(CN2C[C@@H]3CC=CC[C@H]2CN3c2ccc3ccccc3c2)c(CO)c1. The standard InChI is InChI=1S/C27H30N2O2/c30-18-20-9-10-23(24(13-20)19-31)15-28-16-27-8-4-3-7-26(28)17-29(27)25-12-11-21-5-1-2-6-22(21)14-25/h1-6,9-14,26-27,30-31H,7-8,15-19H2/t26-,27-/m0/s1. The Morgan fingerprint density at radius 1 is 0.742 bits per heavy atom. The number of piperazine rings is 1. The molecule has 0 unspecified atom stereocenters. The maximum absolute atomic E-state index is 9.86. The van der Waals surface area contributed by atoms with Crippen LogP contribution in [0, 0.1) is 0 Å². The molecule has 0 radical (unpaired) electrons. The summed E-state index contributed by atoms with van der Waals surface area (Å²) in [5.74, 6) is 0. The van der Waals surface area contributed by atoms with Crippen molar-refractivity contribution in [2.45, 2.75) is 44.7 Å². The third-order valence-corrected chi connectivity index (χ3v) is 6.85. The molecule has 2 bridgehead atoms. The largest absolute Gasteiger partial charge is 0.392 e. The molecular weight excluding hydrogens is 384 g/mol. The Bertz CT molecular complexity index is 1090. The second-order valence-corrected chi connectivity index (χ2v) is 8.78. The normalized spacial score (nSPS) is 21.4. The molecule has 3 aromatic carbocycles. The first-order valence-electron chi connectivity index (χ1n) is 11.2. The average Bonchev–Trinajstić information content (AvgIpc) is 2.80. The van der Waals surface area contributed by atoms with Crippen LogP contribution in [0.1, 0.15) is 29.5 Å². The minimum absolute atomic E-state index is 0.00715. The first kappa shape index (κ1) is 20.3. The molecule has 3 heterocycles. The van der Waals surface area contributed by atoms with Crippen LogP contribution in [0.25, 0.3) is 10.8 Å². The summed E-state index contributed by atoms with van der Waals surface area (Å²) >= 11 is 0. The van der Waals surface area contributed by atoms with Crippen LogP contribution in [0.4, 0.5) is 5.69 Å². The Hall–Kier alpha value is -2.66. The predicted molar refractivity (Wildman–Crippen MR) is 126 cm³/mol. The van der Waals surface area contributed by atoms with Gasteiger partial charge in [-0.25, -0.2) is 0 Å². The van der Waals surface area contributed by atoms with Crippen LogP contribution in [0.15, 0.2) is 72.8 Å². The van der Waals surface area contributed by atoms with Gasteiger partial charge in [0.05, 0.1) is 13.2 Å². The Balaban J connectivity index is 1.41. The second-order valence-electron chi connectivity index (χ2n) is 8.78. The van der Waals surface area contributed by atoms with Gasteiger partial charge in [-0.2, -0.15) is 0 Å². The van der Waals surface area contributed by atoms with Crippen molar-refractivity contribution >= 4 is 16.5 Å². The molecule has 3 aromatic rings. The Morgan fingerprint density at radius 3 is 2.35 bits per heavy atom. The number of anilines is 1. The van der Waals surface area contributed by atoms with Crippen molar-refractivity contribution in [2.75, 3.05) is 18.0 Å². The van der Waals surface area contributed by atoms with Crippen LogP contribution >= 0.6 is 0 Å². The summed E-state index contributed by atoms with van der Waals surface area (Å²) in [6.07, 6.45) is 6.77. The van der Waals surface area contributed by atoms with Crippen LogP contribution in [0.3, 0.4) is 0 Å². The summed E-state index contributed by atoms with van der Waals surface area (Å²) in [7, 11) is 0. The minimum Gasteiger partial charge on any atom is -0.392 e. The molecule has 4 heteroatoms. The van der Waals surface area contributed by atoms with Crippen LogP contribution in [0.5, 0.6) is 0 Å². The molecule has 160 valence electrons. The fourth-order valence-corrected chi connectivity index (χ4v) is 5.11. The number of nitrogens with zero attached hydrogens (tertiary/aromatic N) is 2. The molecule has 31 heavy (non-hydrogen) atoms. The van der Waals surface area contributed by atoms with Crippen molar-refractivity contribution in [3.05, 3.63) is 89.5 Å². The summed E-state index contributed by atoms with van der Waals surface area (Å²) in [6, 6.07) is 22.2. The van der Waals surface area contributed by atoms with E-state index in [1.165, 1.54) is 16.5 Å². The zero-order valence-corrected chi connectivity index (χ0v) is 17.8. The highest BCUT2D eigenvalue weighted by molar-refractivity contribution is 5.86. The molecule has 3 aliphatic heterocycles. The number of aliphatic hydroxyl groups excluding tert-OH is 2. The number of benzene rings is 3. The zero-order valence-electron chi connectivity index (χ0n) is 17.8. The molecule has 2 atom stereocenters. The lowest BCUT2D eigenvalue weighted by molar-refractivity contribution is 0.138. The van der Waals surface area contributed by atoms with Crippen LogP contribution in [-0.4, -0.2) is 40.3 Å². The van der Waals surface area contributed by atoms with Crippen LogP contribution in [0.2, 0.25) is 0 Å². The topological polar surface area (TPSA) is 46.9 Å². The quantitative estimate of drug-likeness (QED) is 0.614.